The summed E-state index contributed by atoms with van der Waals surface area (Å²) in [6, 6.07) is 12.5. The zero-order valence-corrected chi connectivity index (χ0v) is 16.2. The number of carboxylic acids is 1. The number of aliphatic carboxylic acids is 1. The molecule has 0 aromatic heterocycles. The summed E-state index contributed by atoms with van der Waals surface area (Å²) in [4.78, 5) is 9.94. The van der Waals surface area contributed by atoms with E-state index in [9.17, 15) is 9.90 Å². The number of benzene rings is 2. The van der Waals surface area contributed by atoms with E-state index in [2.05, 4.69) is 78.1 Å². The minimum absolute atomic E-state index is 0.311. The van der Waals surface area contributed by atoms with Gasteiger partial charge in [-0.05, 0) is 52.8 Å². The average molecular weight is 488 g/mol. The largest absolute Gasteiger partial charge is 0.549 e. The van der Waals surface area contributed by atoms with Crippen LogP contribution in [-0.2, 0) is 17.6 Å². The van der Waals surface area contributed by atoms with Gasteiger partial charge in [-0.2, -0.15) is 0 Å². The molecule has 0 radical (unpaired) electrons. The number of carbonyl (C=O) groups is 1. The molecule has 0 bridgehead atoms. The molecular formula is C17H12Br3O2-. The molecular weight excluding hydrogens is 476 g/mol. The van der Waals surface area contributed by atoms with Crippen LogP contribution in [0.25, 0.3) is 11.1 Å². The predicted molar refractivity (Wildman–Crippen MR) is 96.4 cm³/mol. The molecule has 2 atom stereocenters. The standard InChI is InChI=1S/C17H13Br3O2/c18-12-4-6-14-10(8-12)2-1-9-7-11(3-5-13(9)14)15(19)16(20)17(21)22/h3-8,15-16H,1-2H2,(H,21,22)/p-1. The molecule has 0 spiro atoms. The molecule has 0 saturated heterocycles. The number of fused-ring (bicyclic) bond motifs is 3. The van der Waals surface area contributed by atoms with Gasteiger partial charge < -0.3 is 9.90 Å². The molecule has 22 heavy (non-hydrogen) atoms. The van der Waals surface area contributed by atoms with Crippen LogP contribution in [0.1, 0.15) is 21.5 Å². The van der Waals surface area contributed by atoms with Crippen LogP contribution in [0.4, 0.5) is 0 Å². The van der Waals surface area contributed by atoms with Gasteiger partial charge in [0.1, 0.15) is 0 Å². The SMILES string of the molecule is O=C([O-])C(Br)C(Br)c1ccc2c(c1)CCc1cc(Br)ccc1-2. The Labute approximate surface area is 154 Å². The van der Waals surface area contributed by atoms with E-state index in [1.54, 1.807) is 0 Å². The lowest BCUT2D eigenvalue weighted by Gasteiger charge is -2.23. The van der Waals surface area contributed by atoms with Crippen molar-refractivity contribution in [3.8, 4) is 11.1 Å². The Kier molecular flexibility index (Phi) is 4.76. The van der Waals surface area contributed by atoms with Gasteiger partial charge in [-0.3, -0.25) is 0 Å². The van der Waals surface area contributed by atoms with Gasteiger partial charge in [0.25, 0.3) is 0 Å². The van der Waals surface area contributed by atoms with Crippen LogP contribution < -0.4 is 5.11 Å². The van der Waals surface area contributed by atoms with Crippen LogP contribution in [0.3, 0.4) is 0 Å². The molecule has 0 N–H and O–H groups in total. The topological polar surface area (TPSA) is 40.1 Å². The van der Waals surface area contributed by atoms with Gasteiger partial charge in [0, 0.05) is 4.47 Å². The highest BCUT2D eigenvalue weighted by atomic mass is 79.9. The highest BCUT2D eigenvalue weighted by Gasteiger charge is 2.22. The summed E-state index contributed by atoms with van der Waals surface area (Å²) in [5.74, 6) is -1.12. The Morgan fingerprint density at radius 1 is 1.00 bits per heavy atom. The lowest BCUT2D eigenvalue weighted by molar-refractivity contribution is -0.304. The first-order valence-corrected chi connectivity index (χ1v) is 9.50. The lowest BCUT2D eigenvalue weighted by atomic mass is 9.84. The van der Waals surface area contributed by atoms with Crippen LogP contribution >= 0.6 is 47.8 Å². The second kappa shape index (κ2) is 6.46. The Balaban J connectivity index is 1.99. The van der Waals surface area contributed by atoms with Gasteiger partial charge in [-0.15, -0.1) is 0 Å². The summed E-state index contributed by atoms with van der Waals surface area (Å²) in [5.41, 5.74) is 6.05. The fourth-order valence-electron chi connectivity index (χ4n) is 2.84. The van der Waals surface area contributed by atoms with E-state index in [1.165, 1.54) is 22.3 Å². The number of carboxylic acid groups (broad SMARTS) is 1. The normalized spacial score (nSPS) is 15.6. The maximum absolute atomic E-state index is 11.0. The van der Waals surface area contributed by atoms with Crippen molar-refractivity contribution in [3.63, 3.8) is 0 Å². The molecule has 0 saturated carbocycles. The highest BCUT2D eigenvalue weighted by molar-refractivity contribution is 9.12. The Morgan fingerprint density at radius 3 is 2.23 bits per heavy atom. The van der Waals surface area contributed by atoms with Gasteiger partial charge >= 0.3 is 0 Å². The van der Waals surface area contributed by atoms with Crippen molar-refractivity contribution in [1.29, 1.82) is 0 Å². The zero-order valence-electron chi connectivity index (χ0n) is 11.5. The molecule has 0 amide bonds. The third-order valence-corrected chi connectivity index (χ3v) is 7.11. The maximum Gasteiger partial charge on any atom is 0.0707 e. The van der Waals surface area contributed by atoms with Crippen LogP contribution in [0, 0.1) is 0 Å². The third-order valence-electron chi connectivity index (χ3n) is 3.95. The number of rotatable bonds is 3. The number of hydrogen-bond acceptors (Lipinski definition) is 2. The van der Waals surface area contributed by atoms with Crippen molar-refractivity contribution in [2.45, 2.75) is 22.5 Å². The first kappa shape index (κ1) is 16.2. The summed E-state index contributed by atoms with van der Waals surface area (Å²) >= 11 is 10.1. The first-order chi connectivity index (χ1) is 10.5. The zero-order chi connectivity index (χ0) is 15.9. The summed E-state index contributed by atoms with van der Waals surface area (Å²) in [6.07, 6.45) is 1.96. The van der Waals surface area contributed by atoms with Gasteiger partial charge in [0.05, 0.1) is 15.6 Å². The molecule has 1 aliphatic carbocycles. The minimum Gasteiger partial charge on any atom is -0.549 e. The summed E-state index contributed by atoms with van der Waals surface area (Å²) in [6.45, 7) is 0. The van der Waals surface area contributed by atoms with E-state index in [1.807, 2.05) is 6.07 Å². The van der Waals surface area contributed by atoms with Crippen molar-refractivity contribution in [2.75, 3.05) is 0 Å². The van der Waals surface area contributed by atoms with E-state index in [0.29, 0.717) is 0 Å². The van der Waals surface area contributed by atoms with E-state index < -0.39 is 10.8 Å². The van der Waals surface area contributed by atoms with Crippen molar-refractivity contribution in [2.24, 2.45) is 0 Å². The summed E-state index contributed by atoms with van der Waals surface area (Å²) < 4.78 is 1.10. The molecule has 3 rings (SSSR count). The maximum atomic E-state index is 11.0. The average Bonchev–Trinajstić information content (AvgIpc) is 2.52. The quantitative estimate of drug-likeness (QED) is 0.610. The van der Waals surface area contributed by atoms with Gasteiger partial charge in [-0.25, -0.2) is 0 Å². The van der Waals surface area contributed by atoms with E-state index in [0.717, 1.165) is 22.9 Å². The van der Waals surface area contributed by atoms with Crippen LogP contribution in [0.15, 0.2) is 40.9 Å². The molecule has 0 fully saturated rings. The van der Waals surface area contributed by atoms with Crippen molar-refractivity contribution in [1.82, 2.24) is 0 Å². The number of alkyl halides is 2. The number of halogens is 3. The highest BCUT2D eigenvalue weighted by Crippen LogP contribution is 2.38. The molecule has 0 heterocycles. The van der Waals surface area contributed by atoms with Crippen molar-refractivity contribution in [3.05, 3.63) is 57.6 Å². The molecule has 1 aliphatic rings. The van der Waals surface area contributed by atoms with Crippen molar-refractivity contribution < 1.29 is 9.90 Å². The molecule has 114 valence electrons. The molecule has 2 unspecified atom stereocenters. The van der Waals surface area contributed by atoms with Gasteiger partial charge in [0.2, 0.25) is 0 Å². The fourth-order valence-corrected chi connectivity index (χ4v) is 4.06. The second-order valence-electron chi connectivity index (χ2n) is 5.34. The van der Waals surface area contributed by atoms with Crippen LogP contribution in [-0.4, -0.2) is 10.8 Å². The number of aryl methyl sites for hydroxylation is 2. The van der Waals surface area contributed by atoms with E-state index in [4.69, 9.17) is 0 Å². The number of carbonyl (C=O) groups excluding carboxylic acids is 1. The van der Waals surface area contributed by atoms with E-state index >= 15 is 0 Å². The van der Waals surface area contributed by atoms with E-state index in [-0.39, 0.29) is 4.83 Å². The Bertz CT molecular complexity index is 743. The molecule has 2 nitrogen and oxygen atoms in total. The lowest BCUT2D eigenvalue weighted by Crippen LogP contribution is -2.34. The first-order valence-electron chi connectivity index (χ1n) is 6.88. The predicted octanol–water partition coefficient (Wildman–Crippen LogP) is 4.16. The third kappa shape index (κ3) is 3.03. The van der Waals surface area contributed by atoms with Crippen LogP contribution in [0.2, 0.25) is 0 Å². The van der Waals surface area contributed by atoms with Gasteiger partial charge in [-0.1, -0.05) is 72.1 Å². The molecule has 0 aliphatic heterocycles. The molecule has 2 aromatic rings. The van der Waals surface area contributed by atoms with Crippen molar-refractivity contribution >= 4 is 53.8 Å². The molecule has 2 aromatic carbocycles. The fraction of sp³-hybridized carbons (Fsp3) is 0.235. The Hall–Kier alpha value is -0.650. The molecule has 5 heteroatoms. The smallest absolute Gasteiger partial charge is 0.0707 e. The summed E-state index contributed by atoms with van der Waals surface area (Å²) in [7, 11) is 0. The Morgan fingerprint density at radius 2 is 1.59 bits per heavy atom. The minimum atomic E-state index is -1.12. The van der Waals surface area contributed by atoms with Gasteiger partial charge in [0.15, 0.2) is 0 Å². The monoisotopic (exact) mass is 485 g/mol. The van der Waals surface area contributed by atoms with Crippen LogP contribution in [0.5, 0.6) is 0 Å². The summed E-state index contributed by atoms with van der Waals surface area (Å²) in [5, 5.41) is 11.0. The second-order valence-corrected chi connectivity index (χ2v) is 8.23. The number of hydrogen-bond donors (Lipinski definition) is 0.